The zero-order valence-corrected chi connectivity index (χ0v) is 14.2. The molecule has 1 aromatic heterocycles. The third-order valence-corrected chi connectivity index (χ3v) is 4.23. The second kappa shape index (κ2) is 6.92. The van der Waals surface area contributed by atoms with Crippen LogP contribution in [0.4, 0.5) is 5.95 Å². The summed E-state index contributed by atoms with van der Waals surface area (Å²) in [6.07, 6.45) is 2.66. The molecule has 0 saturated heterocycles. The van der Waals surface area contributed by atoms with Crippen molar-refractivity contribution in [2.24, 2.45) is 0 Å². The number of nitrogens with zero attached hydrogens (tertiary/aromatic N) is 3. The summed E-state index contributed by atoms with van der Waals surface area (Å²) in [5, 5.41) is 0. The lowest BCUT2D eigenvalue weighted by atomic mass is 10.1. The van der Waals surface area contributed by atoms with E-state index in [1.807, 2.05) is 18.3 Å². The maximum atomic E-state index is 5.66. The smallest absolute Gasteiger partial charge is 0.220 e. The van der Waals surface area contributed by atoms with Crippen molar-refractivity contribution < 1.29 is 14.2 Å². The van der Waals surface area contributed by atoms with Crippen molar-refractivity contribution in [1.82, 2.24) is 14.9 Å². The summed E-state index contributed by atoms with van der Waals surface area (Å²) >= 11 is 0. The van der Waals surface area contributed by atoms with Crippen LogP contribution in [-0.4, -0.2) is 42.7 Å². The van der Waals surface area contributed by atoms with Crippen LogP contribution in [0.2, 0.25) is 0 Å². The van der Waals surface area contributed by atoms with Crippen LogP contribution in [0.3, 0.4) is 0 Å². The first kappa shape index (κ1) is 16.3. The molecule has 0 fully saturated rings. The van der Waals surface area contributed by atoms with Crippen molar-refractivity contribution in [2.75, 3.05) is 33.6 Å². The van der Waals surface area contributed by atoms with Gasteiger partial charge in [-0.3, -0.25) is 4.90 Å². The van der Waals surface area contributed by atoms with E-state index in [4.69, 9.17) is 19.9 Å². The molecule has 1 aliphatic heterocycles. The number of fused-ring (bicyclic) bond motifs is 1. The maximum absolute atomic E-state index is 5.66. The number of nitrogens with two attached hydrogens (primary N) is 1. The van der Waals surface area contributed by atoms with Crippen LogP contribution in [0.1, 0.15) is 16.8 Å². The molecular formula is C17H22N4O3. The summed E-state index contributed by atoms with van der Waals surface area (Å²) in [5.41, 5.74) is 8.81. The molecular weight excluding hydrogens is 308 g/mol. The molecule has 1 aliphatic rings. The molecule has 0 aliphatic carbocycles. The molecule has 0 spiro atoms. The highest BCUT2D eigenvalue weighted by molar-refractivity contribution is 5.50. The van der Waals surface area contributed by atoms with E-state index in [0.717, 1.165) is 47.8 Å². The summed E-state index contributed by atoms with van der Waals surface area (Å²) in [6, 6.07) is 3.75. The Kier molecular flexibility index (Phi) is 4.71. The van der Waals surface area contributed by atoms with Gasteiger partial charge in [-0.2, -0.15) is 0 Å². The molecule has 2 heterocycles. The highest BCUT2D eigenvalue weighted by atomic mass is 16.5. The second-order valence-electron chi connectivity index (χ2n) is 5.67. The fourth-order valence-electron chi connectivity index (χ4n) is 2.98. The van der Waals surface area contributed by atoms with Crippen LogP contribution < -0.4 is 19.9 Å². The zero-order valence-electron chi connectivity index (χ0n) is 14.2. The van der Waals surface area contributed by atoms with E-state index < -0.39 is 0 Å². The van der Waals surface area contributed by atoms with Gasteiger partial charge in [-0.25, -0.2) is 9.97 Å². The summed E-state index contributed by atoms with van der Waals surface area (Å²) < 4.78 is 16.4. The summed E-state index contributed by atoms with van der Waals surface area (Å²) in [7, 11) is 4.93. The molecule has 0 atom stereocenters. The molecule has 1 aromatic carbocycles. The topological polar surface area (TPSA) is 82.7 Å². The molecule has 0 bridgehead atoms. The number of hydrogen-bond acceptors (Lipinski definition) is 7. The Balaban J connectivity index is 1.85. The predicted octanol–water partition coefficient (Wildman–Crippen LogP) is 1.64. The number of hydrogen-bond donors (Lipinski definition) is 1. The van der Waals surface area contributed by atoms with Gasteiger partial charge in [-0.1, -0.05) is 0 Å². The summed E-state index contributed by atoms with van der Waals surface area (Å²) in [4.78, 5) is 10.7. The van der Waals surface area contributed by atoms with E-state index >= 15 is 0 Å². The van der Waals surface area contributed by atoms with Gasteiger partial charge in [0.1, 0.15) is 17.2 Å². The van der Waals surface area contributed by atoms with Crippen LogP contribution in [0, 0.1) is 0 Å². The molecule has 2 N–H and O–H groups in total. The Morgan fingerprint density at radius 1 is 1.12 bits per heavy atom. The Bertz CT molecular complexity index is 711. The Hall–Kier alpha value is -2.54. The first-order valence-electron chi connectivity index (χ1n) is 7.76. The lowest BCUT2D eigenvalue weighted by Crippen LogP contribution is -2.31. The summed E-state index contributed by atoms with van der Waals surface area (Å²) in [6.45, 7) is 2.37. The molecule has 0 amide bonds. The molecule has 24 heavy (non-hydrogen) atoms. The van der Waals surface area contributed by atoms with Crippen molar-refractivity contribution in [3.63, 3.8) is 0 Å². The molecule has 2 aromatic rings. The lowest BCUT2D eigenvalue weighted by molar-refractivity contribution is 0.234. The van der Waals surface area contributed by atoms with Gasteiger partial charge in [0.05, 0.1) is 32.6 Å². The van der Waals surface area contributed by atoms with Crippen LogP contribution in [-0.2, 0) is 19.5 Å². The van der Waals surface area contributed by atoms with E-state index in [2.05, 4.69) is 14.9 Å². The molecule has 0 unspecified atom stereocenters. The van der Waals surface area contributed by atoms with Crippen molar-refractivity contribution in [1.29, 1.82) is 0 Å². The van der Waals surface area contributed by atoms with Gasteiger partial charge in [0.25, 0.3) is 0 Å². The van der Waals surface area contributed by atoms with Gasteiger partial charge < -0.3 is 19.9 Å². The minimum atomic E-state index is 0.334. The normalized spacial score (nSPS) is 14.1. The van der Waals surface area contributed by atoms with E-state index in [1.165, 1.54) is 0 Å². The zero-order chi connectivity index (χ0) is 17.1. The number of methoxy groups -OCH3 is 3. The minimum Gasteiger partial charge on any atom is -0.496 e. The maximum Gasteiger partial charge on any atom is 0.220 e. The SMILES string of the molecule is COc1cc(OC)c(CN2CCc3nc(N)ncc3C2)c(OC)c1. The van der Waals surface area contributed by atoms with E-state index in [1.54, 1.807) is 21.3 Å². The predicted molar refractivity (Wildman–Crippen MR) is 90.4 cm³/mol. The molecule has 0 saturated carbocycles. The van der Waals surface area contributed by atoms with E-state index in [9.17, 15) is 0 Å². The Labute approximate surface area is 141 Å². The molecule has 0 radical (unpaired) electrons. The standard InChI is InChI=1S/C17H22N4O3/c1-22-12-6-15(23-2)13(16(7-12)24-3)10-21-5-4-14-11(9-21)8-19-17(18)20-14/h6-8H,4-5,9-10H2,1-3H3,(H2,18,19,20). The van der Waals surface area contributed by atoms with Crippen LogP contribution in [0.5, 0.6) is 17.2 Å². The fraction of sp³-hybridized carbons (Fsp3) is 0.412. The number of aromatic nitrogens is 2. The lowest BCUT2D eigenvalue weighted by Gasteiger charge is -2.29. The third-order valence-electron chi connectivity index (χ3n) is 4.23. The molecule has 3 rings (SSSR count). The number of anilines is 1. The van der Waals surface area contributed by atoms with Gasteiger partial charge in [0.15, 0.2) is 0 Å². The van der Waals surface area contributed by atoms with E-state index in [0.29, 0.717) is 18.2 Å². The van der Waals surface area contributed by atoms with Gasteiger partial charge >= 0.3 is 0 Å². The molecule has 7 nitrogen and oxygen atoms in total. The highest BCUT2D eigenvalue weighted by Crippen LogP contribution is 2.35. The van der Waals surface area contributed by atoms with Crippen LogP contribution in [0.25, 0.3) is 0 Å². The second-order valence-corrected chi connectivity index (χ2v) is 5.67. The monoisotopic (exact) mass is 330 g/mol. The Morgan fingerprint density at radius 3 is 2.46 bits per heavy atom. The highest BCUT2D eigenvalue weighted by Gasteiger charge is 2.22. The quantitative estimate of drug-likeness (QED) is 0.892. The fourth-order valence-corrected chi connectivity index (χ4v) is 2.98. The number of ether oxygens (including phenoxy) is 3. The average Bonchev–Trinajstić information content (AvgIpc) is 2.61. The molecule has 128 valence electrons. The summed E-state index contributed by atoms with van der Waals surface area (Å²) in [5.74, 6) is 2.55. The van der Waals surface area contributed by atoms with Crippen molar-refractivity contribution in [3.8, 4) is 17.2 Å². The van der Waals surface area contributed by atoms with Crippen molar-refractivity contribution >= 4 is 5.95 Å². The van der Waals surface area contributed by atoms with Crippen molar-refractivity contribution in [2.45, 2.75) is 19.5 Å². The van der Waals surface area contributed by atoms with E-state index in [-0.39, 0.29) is 0 Å². The first-order chi connectivity index (χ1) is 11.6. The van der Waals surface area contributed by atoms with Gasteiger partial charge in [-0.15, -0.1) is 0 Å². The van der Waals surface area contributed by atoms with Gasteiger partial charge in [-0.05, 0) is 0 Å². The van der Waals surface area contributed by atoms with Gasteiger partial charge in [0, 0.05) is 49.9 Å². The van der Waals surface area contributed by atoms with Crippen molar-refractivity contribution in [3.05, 3.63) is 35.2 Å². The number of rotatable bonds is 5. The number of benzene rings is 1. The number of nitrogen functional groups attached to an aromatic ring is 1. The Morgan fingerprint density at radius 2 is 1.83 bits per heavy atom. The van der Waals surface area contributed by atoms with Gasteiger partial charge in [0.2, 0.25) is 5.95 Å². The largest absolute Gasteiger partial charge is 0.496 e. The van der Waals surface area contributed by atoms with Crippen LogP contribution in [0.15, 0.2) is 18.3 Å². The first-order valence-corrected chi connectivity index (χ1v) is 7.76. The minimum absolute atomic E-state index is 0.334. The third kappa shape index (κ3) is 3.21. The average molecular weight is 330 g/mol. The molecule has 7 heteroatoms. The van der Waals surface area contributed by atoms with Crippen LogP contribution >= 0.6 is 0 Å².